The molecule has 0 bridgehead atoms. The molecule has 1 amide bonds. The minimum absolute atomic E-state index is 0.0793. The minimum atomic E-state index is -1.05. The molecule has 2 aromatic rings. The molecule has 104 valence electrons. The quantitative estimate of drug-likeness (QED) is 0.875. The summed E-state index contributed by atoms with van der Waals surface area (Å²) in [5, 5.41) is 11.4. The van der Waals surface area contributed by atoms with E-state index in [0.717, 1.165) is 6.26 Å². The molecule has 6 heteroatoms. The Hall–Kier alpha value is -2.76. The lowest BCUT2D eigenvalue weighted by Crippen LogP contribution is -2.05. The average Bonchev–Trinajstić information content (AvgIpc) is 2.85. The number of amides is 1. The van der Waals surface area contributed by atoms with E-state index in [9.17, 15) is 9.59 Å². The van der Waals surface area contributed by atoms with Gasteiger partial charge in [-0.05, 0) is 18.2 Å². The predicted molar refractivity (Wildman–Crippen MR) is 70.7 cm³/mol. The van der Waals surface area contributed by atoms with E-state index >= 15 is 0 Å². The standard InChI is InChI=1S/C14H13NO5/c1-9(16)15-11-3-2-4-12(6-11)20-8-13-5-10(7-19-13)14(17)18/h2-7H,8H2,1H3,(H,15,16)(H,17,18). The second kappa shape index (κ2) is 5.92. The van der Waals surface area contributed by atoms with Crippen LogP contribution in [0.3, 0.4) is 0 Å². The molecule has 0 aliphatic carbocycles. The number of benzene rings is 1. The molecule has 2 rings (SSSR count). The third-order valence-electron chi connectivity index (χ3n) is 2.44. The van der Waals surface area contributed by atoms with E-state index in [1.807, 2.05) is 0 Å². The normalized spacial score (nSPS) is 10.1. The second-order valence-corrected chi connectivity index (χ2v) is 4.10. The summed E-state index contributed by atoms with van der Waals surface area (Å²) in [6.45, 7) is 1.53. The van der Waals surface area contributed by atoms with Crippen molar-refractivity contribution in [2.24, 2.45) is 0 Å². The Bertz CT molecular complexity index is 632. The van der Waals surface area contributed by atoms with Gasteiger partial charge in [0.05, 0.1) is 5.56 Å². The Morgan fingerprint density at radius 2 is 2.15 bits per heavy atom. The number of carboxylic acid groups (broad SMARTS) is 1. The van der Waals surface area contributed by atoms with Gasteiger partial charge in [0.15, 0.2) is 0 Å². The van der Waals surface area contributed by atoms with Gasteiger partial charge in [-0.15, -0.1) is 0 Å². The van der Waals surface area contributed by atoms with E-state index in [2.05, 4.69) is 5.32 Å². The molecular formula is C14H13NO5. The Kier molecular flexibility index (Phi) is 4.05. The number of hydrogen-bond acceptors (Lipinski definition) is 4. The first-order valence-electron chi connectivity index (χ1n) is 5.86. The van der Waals surface area contributed by atoms with Crippen molar-refractivity contribution >= 4 is 17.6 Å². The van der Waals surface area contributed by atoms with Gasteiger partial charge < -0.3 is 19.6 Å². The van der Waals surface area contributed by atoms with Crippen LogP contribution in [0.1, 0.15) is 23.0 Å². The molecule has 1 heterocycles. The molecule has 1 aromatic heterocycles. The average molecular weight is 275 g/mol. The van der Waals surface area contributed by atoms with E-state index in [4.69, 9.17) is 14.3 Å². The lowest BCUT2D eigenvalue weighted by atomic mass is 10.3. The molecule has 0 aliphatic heterocycles. The molecule has 6 nitrogen and oxygen atoms in total. The molecule has 1 aromatic carbocycles. The summed E-state index contributed by atoms with van der Waals surface area (Å²) in [5.41, 5.74) is 0.705. The fourth-order valence-corrected chi connectivity index (χ4v) is 1.59. The first-order valence-corrected chi connectivity index (χ1v) is 5.86. The molecule has 0 atom stereocenters. The van der Waals surface area contributed by atoms with E-state index in [-0.39, 0.29) is 18.1 Å². The van der Waals surface area contributed by atoms with Crippen molar-refractivity contribution < 1.29 is 23.8 Å². The molecule has 0 unspecified atom stereocenters. The number of carbonyl (C=O) groups is 2. The highest BCUT2D eigenvalue weighted by Crippen LogP contribution is 2.19. The number of nitrogens with one attached hydrogen (secondary N) is 1. The molecule has 20 heavy (non-hydrogen) atoms. The van der Waals surface area contributed by atoms with Gasteiger partial charge >= 0.3 is 5.97 Å². The summed E-state index contributed by atoms with van der Waals surface area (Å²) < 4.78 is 10.5. The van der Waals surface area contributed by atoms with Gasteiger partial charge in [0, 0.05) is 18.7 Å². The van der Waals surface area contributed by atoms with Gasteiger partial charge in [-0.25, -0.2) is 4.79 Å². The third-order valence-corrected chi connectivity index (χ3v) is 2.44. The van der Waals surface area contributed by atoms with Crippen molar-refractivity contribution in [3.63, 3.8) is 0 Å². The van der Waals surface area contributed by atoms with Crippen LogP contribution in [0, 0.1) is 0 Å². The van der Waals surface area contributed by atoms with Crippen LogP contribution in [-0.2, 0) is 11.4 Å². The first-order chi connectivity index (χ1) is 9.54. The number of furan rings is 1. The lowest BCUT2D eigenvalue weighted by molar-refractivity contribution is -0.114. The van der Waals surface area contributed by atoms with E-state index < -0.39 is 5.97 Å². The van der Waals surface area contributed by atoms with Crippen molar-refractivity contribution in [3.8, 4) is 5.75 Å². The Morgan fingerprint density at radius 3 is 2.80 bits per heavy atom. The van der Waals surface area contributed by atoms with Crippen molar-refractivity contribution in [1.82, 2.24) is 0 Å². The SMILES string of the molecule is CC(=O)Nc1cccc(OCc2cc(C(=O)O)co2)c1. The molecule has 0 fully saturated rings. The summed E-state index contributed by atoms with van der Waals surface area (Å²) in [6.07, 6.45) is 1.16. The van der Waals surface area contributed by atoms with Gasteiger partial charge in [0.25, 0.3) is 0 Å². The molecule has 0 aliphatic rings. The number of ether oxygens (including phenoxy) is 1. The van der Waals surface area contributed by atoms with Crippen molar-refractivity contribution in [2.75, 3.05) is 5.32 Å². The molecule has 0 radical (unpaired) electrons. The summed E-state index contributed by atoms with van der Waals surface area (Å²) >= 11 is 0. The highest BCUT2D eigenvalue weighted by atomic mass is 16.5. The maximum Gasteiger partial charge on any atom is 0.338 e. The third kappa shape index (κ3) is 3.61. The second-order valence-electron chi connectivity index (χ2n) is 4.10. The van der Waals surface area contributed by atoms with Crippen molar-refractivity contribution in [1.29, 1.82) is 0 Å². The maximum absolute atomic E-state index is 10.9. The van der Waals surface area contributed by atoms with Crippen LogP contribution in [0.5, 0.6) is 5.75 Å². The number of carbonyl (C=O) groups excluding carboxylic acids is 1. The molecule has 0 saturated carbocycles. The van der Waals surface area contributed by atoms with Crippen LogP contribution in [0.25, 0.3) is 0 Å². The molecule has 0 saturated heterocycles. The van der Waals surface area contributed by atoms with Crippen LogP contribution in [-0.4, -0.2) is 17.0 Å². The lowest BCUT2D eigenvalue weighted by Gasteiger charge is -2.06. The zero-order valence-electron chi connectivity index (χ0n) is 10.8. The molecule has 2 N–H and O–H groups in total. The Morgan fingerprint density at radius 1 is 1.35 bits per heavy atom. The van der Waals surface area contributed by atoms with E-state index in [0.29, 0.717) is 17.2 Å². The highest BCUT2D eigenvalue weighted by molar-refractivity contribution is 5.88. The minimum Gasteiger partial charge on any atom is -0.486 e. The first kappa shape index (κ1) is 13.7. The van der Waals surface area contributed by atoms with Gasteiger partial charge in [0.2, 0.25) is 5.91 Å². The van der Waals surface area contributed by atoms with Crippen molar-refractivity contribution in [2.45, 2.75) is 13.5 Å². The molecule has 0 spiro atoms. The summed E-state index contributed by atoms with van der Waals surface area (Å²) in [4.78, 5) is 21.6. The Labute approximate surface area is 115 Å². The van der Waals surface area contributed by atoms with Crippen LogP contribution in [0.2, 0.25) is 0 Å². The fourth-order valence-electron chi connectivity index (χ4n) is 1.59. The van der Waals surface area contributed by atoms with Gasteiger partial charge in [0.1, 0.15) is 24.4 Å². The number of hydrogen-bond donors (Lipinski definition) is 2. The fraction of sp³-hybridized carbons (Fsp3) is 0.143. The van der Waals surface area contributed by atoms with Crippen LogP contribution < -0.4 is 10.1 Å². The predicted octanol–water partition coefficient (Wildman–Crippen LogP) is 2.52. The summed E-state index contributed by atoms with van der Waals surface area (Å²) in [6, 6.07) is 8.28. The molecular weight excluding hydrogens is 262 g/mol. The Balaban J connectivity index is 1.99. The van der Waals surface area contributed by atoms with Gasteiger partial charge in [-0.3, -0.25) is 4.79 Å². The number of anilines is 1. The van der Waals surface area contributed by atoms with E-state index in [1.54, 1.807) is 24.3 Å². The zero-order chi connectivity index (χ0) is 14.5. The van der Waals surface area contributed by atoms with E-state index in [1.165, 1.54) is 13.0 Å². The smallest absolute Gasteiger partial charge is 0.338 e. The monoisotopic (exact) mass is 275 g/mol. The number of aromatic carboxylic acids is 1. The van der Waals surface area contributed by atoms with Crippen LogP contribution >= 0.6 is 0 Å². The number of rotatable bonds is 5. The van der Waals surface area contributed by atoms with Gasteiger partial charge in [-0.2, -0.15) is 0 Å². The topological polar surface area (TPSA) is 88.8 Å². The summed E-state index contributed by atoms with van der Waals surface area (Å²) in [5.74, 6) is -0.260. The zero-order valence-corrected chi connectivity index (χ0v) is 10.8. The summed E-state index contributed by atoms with van der Waals surface area (Å²) in [7, 11) is 0. The largest absolute Gasteiger partial charge is 0.486 e. The van der Waals surface area contributed by atoms with Gasteiger partial charge in [-0.1, -0.05) is 6.07 Å². The highest BCUT2D eigenvalue weighted by Gasteiger charge is 2.08. The number of carboxylic acids is 1. The maximum atomic E-state index is 10.9. The van der Waals surface area contributed by atoms with Crippen LogP contribution in [0.4, 0.5) is 5.69 Å². The van der Waals surface area contributed by atoms with Crippen LogP contribution in [0.15, 0.2) is 41.0 Å². The van der Waals surface area contributed by atoms with Crippen molar-refractivity contribution in [3.05, 3.63) is 47.9 Å².